The molecule has 4 aromatic rings. The van der Waals surface area contributed by atoms with Gasteiger partial charge in [0.1, 0.15) is 4.90 Å². The minimum absolute atomic E-state index is 0.0208. The summed E-state index contributed by atoms with van der Waals surface area (Å²) < 4.78 is 27.0. The molecular formula is C25H19N5O3S. The molecule has 168 valence electrons. The van der Waals surface area contributed by atoms with Gasteiger partial charge < -0.3 is 11.1 Å². The minimum Gasteiger partial charge on any atom is -0.397 e. The molecule has 4 aromatic carbocycles. The van der Waals surface area contributed by atoms with Crippen molar-refractivity contribution in [3.8, 4) is 11.1 Å². The lowest BCUT2D eigenvalue weighted by atomic mass is 10.0. The number of carbonyl (C=O) groups is 1. The molecule has 0 saturated carbocycles. The lowest BCUT2D eigenvalue weighted by Crippen LogP contribution is -2.11. The smallest absolute Gasteiger partial charge is 0.255 e. The molecule has 0 radical (unpaired) electrons. The molecule has 0 unspecified atom stereocenters. The van der Waals surface area contributed by atoms with Gasteiger partial charge in [0.05, 0.1) is 16.3 Å². The van der Waals surface area contributed by atoms with Crippen LogP contribution in [-0.2, 0) is 9.84 Å². The largest absolute Gasteiger partial charge is 0.397 e. The second-order valence-corrected chi connectivity index (χ2v) is 9.17. The van der Waals surface area contributed by atoms with Gasteiger partial charge in [0.25, 0.3) is 5.91 Å². The van der Waals surface area contributed by atoms with Gasteiger partial charge in [-0.2, -0.15) is 0 Å². The molecule has 0 atom stereocenters. The van der Waals surface area contributed by atoms with E-state index in [4.69, 9.17) is 11.3 Å². The number of benzene rings is 4. The highest BCUT2D eigenvalue weighted by Crippen LogP contribution is 2.40. The SMILES string of the molecule is [N-]=[N+]=Nc1ccc(-c2ccc(NC(=O)c3ccccc3)cc2)c(S(=O)(=O)c2ccccc2)c1N. The summed E-state index contributed by atoms with van der Waals surface area (Å²) in [6.07, 6.45) is 0. The number of sulfone groups is 1. The van der Waals surface area contributed by atoms with Crippen molar-refractivity contribution in [1.82, 2.24) is 0 Å². The van der Waals surface area contributed by atoms with Gasteiger partial charge in [-0.05, 0) is 53.6 Å². The quantitative estimate of drug-likeness (QED) is 0.156. The third-order valence-electron chi connectivity index (χ3n) is 5.14. The molecular weight excluding hydrogens is 450 g/mol. The van der Waals surface area contributed by atoms with Crippen LogP contribution in [0, 0.1) is 0 Å². The fourth-order valence-corrected chi connectivity index (χ4v) is 5.11. The average Bonchev–Trinajstić information content (AvgIpc) is 2.86. The second-order valence-electron chi connectivity index (χ2n) is 7.28. The number of nitrogens with zero attached hydrogens (tertiary/aromatic N) is 3. The van der Waals surface area contributed by atoms with E-state index in [0.717, 1.165) is 0 Å². The maximum absolute atomic E-state index is 13.5. The minimum atomic E-state index is -4.03. The van der Waals surface area contributed by atoms with Crippen LogP contribution in [0.25, 0.3) is 21.6 Å². The van der Waals surface area contributed by atoms with E-state index in [1.807, 2.05) is 6.07 Å². The summed E-state index contributed by atoms with van der Waals surface area (Å²) in [5.74, 6) is -0.261. The lowest BCUT2D eigenvalue weighted by molar-refractivity contribution is 0.102. The lowest BCUT2D eigenvalue weighted by Gasteiger charge is -2.16. The summed E-state index contributed by atoms with van der Waals surface area (Å²) in [5.41, 5.74) is 16.9. The molecule has 34 heavy (non-hydrogen) atoms. The van der Waals surface area contributed by atoms with Gasteiger partial charge in [0.15, 0.2) is 0 Å². The third-order valence-corrected chi connectivity index (χ3v) is 7.01. The first kappa shape index (κ1) is 22.6. The fraction of sp³-hybridized carbons (Fsp3) is 0. The Bertz CT molecular complexity index is 1500. The molecule has 9 heteroatoms. The number of nitrogens with one attached hydrogen (secondary N) is 1. The molecule has 0 saturated heterocycles. The number of carbonyl (C=O) groups excluding carboxylic acids is 1. The fourth-order valence-electron chi connectivity index (χ4n) is 3.48. The van der Waals surface area contributed by atoms with Crippen LogP contribution in [-0.4, -0.2) is 14.3 Å². The average molecular weight is 470 g/mol. The Hall–Kier alpha value is -4.59. The number of azide groups is 1. The second kappa shape index (κ2) is 9.50. The van der Waals surface area contributed by atoms with E-state index in [1.165, 1.54) is 18.2 Å². The van der Waals surface area contributed by atoms with Crippen LogP contribution in [0.15, 0.2) is 112 Å². The van der Waals surface area contributed by atoms with Crippen molar-refractivity contribution in [3.63, 3.8) is 0 Å². The van der Waals surface area contributed by atoms with Crippen molar-refractivity contribution >= 4 is 32.8 Å². The van der Waals surface area contributed by atoms with E-state index in [0.29, 0.717) is 22.4 Å². The van der Waals surface area contributed by atoms with Gasteiger partial charge in [0, 0.05) is 21.7 Å². The Morgan fingerprint density at radius 3 is 2.09 bits per heavy atom. The van der Waals surface area contributed by atoms with E-state index in [2.05, 4.69) is 15.3 Å². The number of nitrogen functional groups attached to an aromatic ring is 1. The molecule has 0 spiro atoms. The van der Waals surface area contributed by atoms with E-state index in [9.17, 15) is 13.2 Å². The number of hydrogen-bond donors (Lipinski definition) is 2. The van der Waals surface area contributed by atoms with Crippen LogP contribution in [0.1, 0.15) is 10.4 Å². The summed E-state index contributed by atoms with van der Waals surface area (Å²) in [4.78, 5) is 15.1. The first-order chi connectivity index (χ1) is 16.4. The molecule has 0 fully saturated rings. The van der Waals surface area contributed by atoms with E-state index in [-0.39, 0.29) is 27.1 Å². The molecule has 4 rings (SSSR count). The van der Waals surface area contributed by atoms with Crippen molar-refractivity contribution in [3.05, 3.63) is 113 Å². The Labute approximate surface area is 196 Å². The summed E-state index contributed by atoms with van der Waals surface area (Å²) in [7, 11) is -4.03. The maximum atomic E-state index is 13.5. The molecule has 8 nitrogen and oxygen atoms in total. The summed E-state index contributed by atoms with van der Waals surface area (Å²) >= 11 is 0. The van der Waals surface area contributed by atoms with E-state index in [1.54, 1.807) is 72.8 Å². The van der Waals surface area contributed by atoms with Gasteiger partial charge in [-0.1, -0.05) is 59.7 Å². The third kappa shape index (κ3) is 4.47. The number of hydrogen-bond acceptors (Lipinski definition) is 5. The van der Waals surface area contributed by atoms with Crippen LogP contribution < -0.4 is 11.1 Å². The molecule has 0 heterocycles. The summed E-state index contributed by atoms with van der Waals surface area (Å²) in [6, 6.07) is 26.4. The summed E-state index contributed by atoms with van der Waals surface area (Å²) in [6.45, 7) is 0. The molecule has 0 bridgehead atoms. The molecule has 3 N–H and O–H groups in total. The van der Waals surface area contributed by atoms with Gasteiger partial charge >= 0.3 is 0 Å². The van der Waals surface area contributed by atoms with Crippen LogP contribution in [0.5, 0.6) is 0 Å². The van der Waals surface area contributed by atoms with Crippen molar-refractivity contribution < 1.29 is 13.2 Å². The highest BCUT2D eigenvalue weighted by molar-refractivity contribution is 7.91. The van der Waals surface area contributed by atoms with Crippen molar-refractivity contribution in [2.24, 2.45) is 5.11 Å². The monoisotopic (exact) mass is 469 g/mol. The van der Waals surface area contributed by atoms with E-state index < -0.39 is 9.84 Å². The Kier molecular flexibility index (Phi) is 6.31. The van der Waals surface area contributed by atoms with Crippen molar-refractivity contribution in [2.45, 2.75) is 9.79 Å². The van der Waals surface area contributed by atoms with Crippen LogP contribution in [0.4, 0.5) is 17.1 Å². The van der Waals surface area contributed by atoms with Crippen LogP contribution >= 0.6 is 0 Å². The first-order valence-electron chi connectivity index (χ1n) is 10.2. The number of anilines is 2. The Morgan fingerprint density at radius 2 is 1.47 bits per heavy atom. The zero-order chi connectivity index (χ0) is 24.1. The molecule has 1 amide bonds. The zero-order valence-corrected chi connectivity index (χ0v) is 18.6. The van der Waals surface area contributed by atoms with E-state index >= 15 is 0 Å². The molecule has 0 aliphatic carbocycles. The number of amides is 1. The number of rotatable bonds is 6. The van der Waals surface area contributed by atoms with Gasteiger partial charge in [-0.25, -0.2) is 8.42 Å². The topological polar surface area (TPSA) is 138 Å². The molecule has 0 aliphatic heterocycles. The normalized spacial score (nSPS) is 10.8. The highest BCUT2D eigenvalue weighted by atomic mass is 32.2. The molecule has 0 aromatic heterocycles. The predicted octanol–water partition coefficient (Wildman–Crippen LogP) is 5.96. The Balaban J connectivity index is 1.77. The Morgan fingerprint density at radius 1 is 0.853 bits per heavy atom. The van der Waals surface area contributed by atoms with Crippen molar-refractivity contribution in [1.29, 1.82) is 0 Å². The summed E-state index contributed by atoms with van der Waals surface area (Å²) in [5, 5.41) is 6.34. The highest BCUT2D eigenvalue weighted by Gasteiger charge is 2.26. The standard InChI is InChI=1S/C25H19N5O3S/c26-23-22(29-30-27)16-15-21(24(23)34(32,33)20-9-5-2-6-10-20)17-11-13-19(14-12-17)28-25(31)18-7-3-1-4-8-18/h1-16H,26H2,(H,28,31). The van der Waals surface area contributed by atoms with Crippen molar-refractivity contribution in [2.75, 3.05) is 11.1 Å². The maximum Gasteiger partial charge on any atom is 0.255 e. The van der Waals surface area contributed by atoms with Crippen LogP contribution in [0.3, 0.4) is 0 Å². The van der Waals surface area contributed by atoms with Gasteiger partial charge in [-0.3, -0.25) is 4.79 Å². The van der Waals surface area contributed by atoms with Gasteiger partial charge in [0.2, 0.25) is 9.84 Å². The zero-order valence-electron chi connectivity index (χ0n) is 17.8. The molecule has 0 aliphatic rings. The predicted molar refractivity (Wildman–Crippen MR) is 131 cm³/mol. The van der Waals surface area contributed by atoms with Crippen LogP contribution in [0.2, 0.25) is 0 Å². The van der Waals surface area contributed by atoms with Gasteiger partial charge in [-0.15, -0.1) is 0 Å². The number of nitrogens with two attached hydrogens (primary N) is 1. The first-order valence-corrected chi connectivity index (χ1v) is 11.6.